The zero-order chi connectivity index (χ0) is 31.1. The first-order valence-electron chi connectivity index (χ1n) is 15.5. The molecule has 0 radical (unpaired) electrons. The van der Waals surface area contributed by atoms with Gasteiger partial charge in [0.25, 0.3) is 0 Å². The molecule has 0 saturated carbocycles. The second-order valence-electron chi connectivity index (χ2n) is 12.0. The highest BCUT2D eigenvalue weighted by Crippen LogP contribution is 2.42. The van der Waals surface area contributed by atoms with E-state index in [0.717, 1.165) is 44.0 Å². The van der Waals surface area contributed by atoms with E-state index in [4.69, 9.17) is 19.2 Å². The zero-order valence-electron chi connectivity index (χ0n) is 25.5. The van der Waals surface area contributed by atoms with Gasteiger partial charge in [0.05, 0.1) is 10.9 Å². The molecule has 0 bridgehead atoms. The van der Waals surface area contributed by atoms with Crippen molar-refractivity contribution in [3.05, 3.63) is 47.7 Å². The van der Waals surface area contributed by atoms with Crippen LogP contribution in [0.4, 0.5) is 19.0 Å². The highest BCUT2D eigenvalue weighted by molar-refractivity contribution is 7.99. The van der Waals surface area contributed by atoms with Crippen LogP contribution in [0.15, 0.2) is 30.5 Å². The number of fused-ring (bicyclic) bond motifs is 3. The molecule has 0 spiro atoms. The molecule has 3 aliphatic heterocycles. The highest BCUT2D eigenvalue weighted by Gasteiger charge is 2.49. The van der Waals surface area contributed by atoms with Crippen molar-refractivity contribution < 1.29 is 27.4 Å². The number of aryl methyl sites for hydroxylation is 1. The molecule has 7 rings (SSSR count). The number of hydrogen-bond acceptors (Lipinski definition) is 9. The first-order valence-corrected chi connectivity index (χ1v) is 16.6. The summed E-state index contributed by atoms with van der Waals surface area (Å²) >= 11 is 1.86. The third-order valence-electron chi connectivity index (χ3n) is 9.28. The van der Waals surface area contributed by atoms with Crippen molar-refractivity contribution in [3.8, 4) is 23.0 Å². The molecular formula is C33H36F3N5O3S. The minimum Gasteiger partial charge on any atom is -0.468 e. The van der Waals surface area contributed by atoms with Crippen LogP contribution in [0.2, 0.25) is 0 Å². The predicted octanol–water partition coefficient (Wildman–Crippen LogP) is 6.18. The fraction of sp³-hybridized carbons (Fsp3) is 0.485. The Kier molecular flexibility index (Phi) is 8.39. The molecule has 0 aliphatic carbocycles. The number of ether oxygens (including phenoxy) is 3. The number of alkyl halides is 1. The van der Waals surface area contributed by atoms with Gasteiger partial charge >= 0.3 is 6.01 Å². The van der Waals surface area contributed by atoms with Gasteiger partial charge in [-0.1, -0.05) is 13.0 Å². The Morgan fingerprint density at radius 3 is 2.73 bits per heavy atom. The van der Waals surface area contributed by atoms with E-state index in [0.29, 0.717) is 58.2 Å². The van der Waals surface area contributed by atoms with Crippen molar-refractivity contribution in [2.75, 3.05) is 63.1 Å². The number of nitrogens with zero attached hydrogens (tertiary/aromatic N) is 5. The summed E-state index contributed by atoms with van der Waals surface area (Å²) in [5.41, 5.74) is 0.552. The number of methoxy groups -OCH3 is 1. The lowest BCUT2D eigenvalue weighted by molar-refractivity contribution is 0.0512. The lowest BCUT2D eigenvalue weighted by Gasteiger charge is -2.31. The highest BCUT2D eigenvalue weighted by atomic mass is 32.2. The smallest absolute Gasteiger partial charge is 0.319 e. The zero-order valence-corrected chi connectivity index (χ0v) is 26.3. The van der Waals surface area contributed by atoms with Crippen molar-refractivity contribution in [2.45, 2.75) is 44.3 Å². The minimum absolute atomic E-state index is 0.00607. The van der Waals surface area contributed by atoms with Gasteiger partial charge in [-0.3, -0.25) is 9.88 Å². The van der Waals surface area contributed by atoms with E-state index in [1.54, 1.807) is 24.4 Å². The maximum Gasteiger partial charge on any atom is 0.319 e. The quantitative estimate of drug-likeness (QED) is 0.200. The number of anilines is 1. The Bertz CT molecular complexity index is 1740. The summed E-state index contributed by atoms with van der Waals surface area (Å²) in [6, 6.07) is 6.57. The van der Waals surface area contributed by atoms with Crippen LogP contribution < -0.4 is 14.4 Å². The van der Waals surface area contributed by atoms with Gasteiger partial charge in [0.1, 0.15) is 41.4 Å². The molecule has 4 aromatic rings. The third kappa shape index (κ3) is 5.54. The molecule has 1 unspecified atom stereocenters. The number of halogens is 3. The summed E-state index contributed by atoms with van der Waals surface area (Å²) in [6.07, 6.45) is 3.33. The summed E-state index contributed by atoms with van der Waals surface area (Å²) in [6.45, 7) is 4.81. The van der Waals surface area contributed by atoms with Crippen LogP contribution in [0.5, 0.6) is 11.8 Å². The number of aromatic nitrogens is 3. The van der Waals surface area contributed by atoms with E-state index in [9.17, 15) is 4.39 Å². The first-order chi connectivity index (χ1) is 21.9. The maximum absolute atomic E-state index is 16.9. The van der Waals surface area contributed by atoms with Gasteiger partial charge in [-0.25, -0.2) is 13.2 Å². The number of pyridine rings is 1. The molecule has 3 fully saturated rings. The van der Waals surface area contributed by atoms with Gasteiger partial charge in [-0.15, -0.1) is 0 Å². The molecule has 8 nitrogen and oxygen atoms in total. The largest absolute Gasteiger partial charge is 0.468 e. The molecule has 0 amide bonds. The molecule has 2 aromatic heterocycles. The van der Waals surface area contributed by atoms with Crippen molar-refractivity contribution in [1.29, 1.82) is 0 Å². The van der Waals surface area contributed by atoms with E-state index in [-0.39, 0.29) is 36.4 Å². The summed E-state index contributed by atoms with van der Waals surface area (Å²) in [4.78, 5) is 18.3. The van der Waals surface area contributed by atoms with E-state index in [1.807, 2.05) is 18.7 Å². The Labute approximate surface area is 264 Å². The summed E-state index contributed by atoms with van der Waals surface area (Å²) in [5, 5.41) is 1.73. The van der Waals surface area contributed by atoms with Gasteiger partial charge in [0.15, 0.2) is 12.6 Å². The van der Waals surface area contributed by atoms with E-state index in [2.05, 4.69) is 19.8 Å². The van der Waals surface area contributed by atoms with Gasteiger partial charge < -0.3 is 19.1 Å². The fourth-order valence-electron chi connectivity index (χ4n) is 7.17. The first kappa shape index (κ1) is 30.3. The average molecular weight is 640 g/mol. The molecule has 45 heavy (non-hydrogen) atoms. The van der Waals surface area contributed by atoms with Crippen LogP contribution in [-0.4, -0.2) is 89.8 Å². The lowest BCUT2D eigenvalue weighted by atomic mass is 9.94. The lowest BCUT2D eigenvalue weighted by Crippen LogP contribution is -2.43. The second-order valence-corrected chi connectivity index (χ2v) is 13.2. The standard InChI is InChI=1S/C33H36F3N5O3S/c1-3-23-26(35)6-5-20-13-22(44-19-42-2)14-24(27(20)23)29-28(36)30-25(16-37-29)31(40-9-11-45-12-10-40)39-32(38-30)43-18-33-7-4-8-41(33)17-21(34)15-33/h5-6,13-14,16,21H,3-4,7-12,15,17-19H2,1-2H3/t21?,33-/m0/s1. The van der Waals surface area contributed by atoms with Crippen LogP contribution in [0.3, 0.4) is 0 Å². The molecule has 2 atom stereocenters. The fourth-order valence-corrected chi connectivity index (χ4v) is 8.07. The topological polar surface area (TPSA) is 72.8 Å². The minimum atomic E-state index is -0.893. The Morgan fingerprint density at radius 2 is 1.93 bits per heavy atom. The normalized spacial score (nSPS) is 22.0. The maximum atomic E-state index is 16.9. The van der Waals surface area contributed by atoms with Crippen LogP contribution >= 0.6 is 11.8 Å². The van der Waals surface area contributed by atoms with Gasteiger partial charge in [0, 0.05) is 56.4 Å². The molecule has 0 N–H and O–H groups in total. The van der Waals surface area contributed by atoms with Crippen LogP contribution in [0, 0.1) is 11.6 Å². The van der Waals surface area contributed by atoms with Gasteiger partial charge in [-0.2, -0.15) is 21.7 Å². The SMILES string of the molecule is CCc1c(F)ccc2cc(OCOC)cc(-c3ncc4c(N5CCSCC5)nc(OC[C@@]56CCCN5CC(F)C6)nc4c3F)c12. The van der Waals surface area contributed by atoms with E-state index in [1.165, 1.54) is 13.2 Å². The number of benzene rings is 2. The van der Waals surface area contributed by atoms with E-state index >= 15 is 8.78 Å². The van der Waals surface area contributed by atoms with Crippen molar-refractivity contribution in [1.82, 2.24) is 19.9 Å². The summed E-state index contributed by atoms with van der Waals surface area (Å²) in [5.74, 6) is 1.80. The van der Waals surface area contributed by atoms with Crippen molar-refractivity contribution in [2.24, 2.45) is 0 Å². The number of rotatable bonds is 9. The average Bonchev–Trinajstić information content (AvgIpc) is 3.58. The predicted molar refractivity (Wildman–Crippen MR) is 170 cm³/mol. The van der Waals surface area contributed by atoms with Crippen molar-refractivity contribution >= 4 is 39.3 Å². The molecule has 3 saturated heterocycles. The second kappa shape index (κ2) is 12.4. The van der Waals surface area contributed by atoms with E-state index < -0.39 is 17.5 Å². The monoisotopic (exact) mass is 639 g/mol. The Morgan fingerprint density at radius 1 is 1.09 bits per heavy atom. The molecule has 5 heterocycles. The van der Waals surface area contributed by atoms with Gasteiger partial charge in [-0.05, 0) is 60.3 Å². The third-order valence-corrected chi connectivity index (χ3v) is 10.2. The molecule has 12 heteroatoms. The van der Waals surface area contributed by atoms with Crippen molar-refractivity contribution in [3.63, 3.8) is 0 Å². The van der Waals surface area contributed by atoms with Crippen LogP contribution in [0.25, 0.3) is 32.9 Å². The summed E-state index contributed by atoms with van der Waals surface area (Å²) < 4.78 is 63.5. The number of hydrogen-bond donors (Lipinski definition) is 0. The number of thioether (sulfide) groups is 1. The molecular weight excluding hydrogens is 603 g/mol. The molecule has 3 aliphatic rings. The van der Waals surface area contributed by atoms with Crippen LogP contribution in [0.1, 0.15) is 31.7 Å². The summed E-state index contributed by atoms with van der Waals surface area (Å²) in [7, 11) is 1.52. The Hall–Kier alpha value is -3.35. The van der Waals surface area contributed by atoms with Crippen LogP contribution in [-0.2, 0) is 11.2 Å². The molecule has 238 valence electrons. The Balaban J connectivity index is 1.37. The van der Waals surface area contributed by atoms with Gasteiger partial charge in [0.2, 0.25) is 0 Å². The molecule has 2 aromatic carbocycles.